The SMILES string of the molecule is CCC(C#N)(CCCn1nc(C)c(C)c1C)NC. The summed E-state index contributed by atoms with van der Waals surface area (Å²) in [5.74, 6) is 0. The molecule has 1 atom stereocenters. The summed E-state index contributed by atoms with van der Waals surface area (Å²) in [6.45, 7) is 9.18. The first kappa shape index (κ1) is 14.7. The van der Waals surface area contributed by atoms with Gasteiger partial charge in [0.05, 0.1) is 11.8 Å². The maximum Gasteiger partial charge on any atom is 0.106 e. The lowest BCUT2D eigenvalue weighted by molar-refractivity contribution is 0.374. The van der Waals surface area contributed by atoms with Crippen LogP contribution in [0.1, 0.15) is 43.1 Å². The van der Waals surface area contributed by atoms with E-state index in [9.17, 15) is 5.26 Å². The van der Waals surface area contributed by atoms with E-state index in [1.54, 1.807) is 0 Å². The van der Waals surface area contributed by atoms with Crippen LogP contribution >= 0.6 is 0 Å². The summed E-state index contributed by atoms with van der Waals surface area (Å²) in [6, 6.07) is 2.39. The number of rotatable bonds is 6. The molecular weight excluding hydrogens is 224 g/mol. The van der Waals surface area contributed by atoms with Crippen molar-refractivity contribution < 1.29 is 0 Å². The van der Waals surface area contributed by atoms with Gasteiger partial charge in [0.1, 0.15) is 5.54 Å². The Morgan fingerprint density at radius 2 is 2.06 bits per heavy atom. The molecular formula is C14H24N4. The van der Waals surface area contributed by atoms with Crippen LogP contribution in [0.25, 0.3) is 0 Å². The molecule has 0 saturated heterocycles. The molecule has 0 spiro atoms. The van der Waals surface area contributed by atoms with Crippen LogP contribution < -0.4 is 5.32 Å². The molecule has 4 nitrogen and oxygen atoms in total. The molecule has 0 aromatic carbocycles. The zero-order chi connectivity index (χ0) is 13.8. The lowest BCUT2D eigenvalue weighted by atomic mass is 9.92. The van der Waals surface area contributed by atoms with E-state index in [0.717, 1.165) is 31.5 Å². The number of hydrogen-bond donors (Lipinski definition) is 1. The van der Waals surface area contributed by atoms with Crippen LogP contribution in [0.5, 0.6) is 0 Å². The minimum atomic E-state index is -0.384. The van der Waals surface area contributed by atoms with Crippen LogP contribution in [0.2, 0.25) is 0 Å². The number of hydrogen-bond acceptors (Lipinski definition) is 3. The second-order valence-electron chi connectivity index (χ2n) is 4.92. The zero-order valence-electron chi connectivity index (χ0n) is 12.2. The van der Waals surface area contributed by atoms with Gasteiger partial charge in [0.25, 0.3) is 0 Å². The summed E-state index contributed by atoms with van der Waals surface area (Å²) >= 11 is 0. The van der Waals surface area contributed by atoms with Crippen LogP contribution in [0.4, 0.5) is 0 Å². The van der Waals surface area contributed by atoms with Gasteiger partial charge in [-0.3, -0.25) is 4.68 Å². The number of nitrogens with one attached hydrogen (secondary N) is 1. The van der Waals surface area contributed by atoms with Crippen molar-refractivity contribution in [3.05, 3.63) is 17.0 Å². The molecule has 0 fully saturated rings. The first-order valence-electron chi connectivity index (χ1n) is 6.60. The van der Waals surface area contributed by atoms with E-state index in [4.69, 9.17) is 0 Å². The van der Waals surface area contributed by atoms with Crippen molar-refractivity contribution in [2.24, 2.45) is 0 Å². The predicted molar refractivity (Wildman–Crippen MR) is 73.4 cm³/mol. The zero-order valence-corrected chi connectivity index (χ0v) is 12.2. The van der Waals surface area contributed by atoms with Crippen molar-refractivity contribution in [2.45, 2.75) is 59.0 Å². The first-order chi connectivity index (χ1) is 8.49. The Morgan fingerprint density at radius 1 is 1.39 bits per heavy atom. The molecule has 0 aliphatic rings. The molecule has 4 heteroatoms. The Hall–Kier alpha value is -1.34. The van der Waals surface area contributed by atoms with Gasteiger partial charge in [-0.1, -0.05) is 6.92 Å². The molecule has 1 aromatic heterocycles. The van der Waals surface area contributed by atoms with E-state index in [1.165, 1.54) is 11.3 Å². The molecule has 0 bridgehead atoms. The van der Waals surface area contributed by atoms with Gasteiger partial charge in [0, 0.05) is 12.2 Å². The molecule has 0 aliphatic heterocycles. The van der Waals surface area contributed by atoms with E-state index in [-0.39, 0.29) is 5.54 Å². The van der Waals surface area contributed by atoms with E-state index < -0.39 is 0 Å². The third kappa shape index (κ3) is 2.91. The molecule has 1 unspecified atom stereocenters. The predicted octanol–water partition coefficient (Wildman–Crippen LogP) is 2.48. The van der Waals surface area contributed by atoms with Gasteiger partial charge in [-0.25, -0.2) is 0 Å². The van der Waals surface area contributed by atoms with Gasteiger partial charge >= 0.3 is 0 Å². The fourth-order valence-electron chi connectivity index (χ4n) is 2.20. The maximum atomic E-state index is 9.24. The molecule has 18 heavy (non-hydrogen) atoms. The summed E-state index contributed by atoms with van der Waals surface area (Å²) in [5, 5.41) is 16.9. The quantitative estimate of drug-likeness (QED) is 0.841. The van der Waals surface area contributed by atoms with Crippen LogP contribution in [0.3, 0.4) is 0 Å². The van der Waals surface area contributed by atoms with Crippen molar-refractivity contribution in [2.75, 3.05) is 7.05 Å². The molecule has 0 amide bonds. The summed E-state index contributed by atoms with van der Waals surface area (Å²) in [7, 11) is 1.86. The normalized spacial score (nSPS) is 14.2. The van der Waals surface area contributed by atoms with E-state index in [0.29, 0.717) is 0 Å². The molecule has 1 aromatic rings. The van der Waals surface area contributed by atoms with Gasteiger partial charge in [0.2, 0.25) is 0 Å². The van der Waals surface area contributed by atoms with E-state index >= 15 is 0 Å². The van der Waals surface area contributed by atoms with Gasteiger partial charge in [-0.15, -0.1) is 0 Å². The Labute approximate surface area is 110 Å². The highest BCUT2D eigenvalue weighted by Gasteiger charge is 2.24. The summed E-state index contributed by atoms with van der Waals surface area (Å²) < 4.78 is 2.05. The standard InChI is InChI=1S/C14H24N4/c1-6-14(10-15,16-5)8-7-9-18-13(4)11(2)12(3)17-18/h16H,6-9H2,1-5H3. The molecule has 0 aliphatic carbocycles. The summed E-state index contributed by atoms with van der Waals surface area (Å²) in [4.78, 5) is 0. The first-order valence-corrected chi connectivity index (χ1v) is 6.60. The average molecular weight is 248 g/mol. The van der Waals surface area contributed by atoms with Gasteiger partial charge in [-0.05, 0) is 52.6 Å². The Bertz CT molecular complexity index is 435. The molecule has 0 saturated carbocycles. The molecule has 0 radical (unpaired) electrons. The number of aromatic nitrogens is 2. The minimum Gasteiger partial charge on any atom is -0.302 e. The Kier molecular flexibility index (Phi) is 4.92. The Balaban J connectivity index is 2.61. The monoisotopic (exact) mass is 248 g/mol. The van der Waals surface area contributed by atoms with Crippen LogP contribution in [0, 0.1) is 32.1 Å². The highest BCUT2D eigenvalue weighted by atomic mass is 15.3. The third-order valence-corrected chi connectivity index (χ3v) is 4.01. The molecule has 100 valence electrons. The number of nitriles is 1. The van der Waals surface area contributed by atoms with E-state index in [1.807, 2.05) is 20.9 Å². The lowest BCUT2D eigenvalue weighted by Crippen LogP contribution is -2.40. The van der Waals surface area contributed by atoms with Crippen molar-refractivity contribution in [3.8, 4) is 6.07 Å². The maximum absolute atomic E-state index is 9.24. The smallest absolute Gasteiger partial charge is 0.106 e. The number of aryl methyl sites for hydroxylation is 2. The fourth-order valence-corrected chi connectivity index (χ4v) is 2.20. The Morgan fingerprint density at radius 3 is 2.44 bits per heavy atom. The highest BCUT2D eigenvalue weighted by molar-refractivity contribution is 5.22. The van der Waals surface area contributed by atoms with Gasteiger partial charge < -0.3 is 5.32 Å². The fraction of sp³-hybridized carbons (Fsp3) is 0.714. The van der Waals surface area contributed by atoms with Gasteiger partial charge in [-0.2, -0.15) is 10.4 Å². The van der Waals surface area contributed by atoms with Crippen molar-refractivity contribution in [3.63, 3.8) is 0 Å². The summed E-state index contributed by atoms with van der Waals surface area (Å²) in [6.07, 6.45) is 2.65. The minimum absolute atomic E-state index is 0.384. The average Bonchev–Trinajstić information content (AvgIpc) is 2.63. The van der Waals surface area contributed by atoms with Crippen molar-refractivity contribution in [1.82, 2.24) is 15.1 Å². The van der Waals surface area contributed by atoms with Gasteiger partial charge in [0.15, 0.2) is 0 Å². The number of nitrogens with zero attached hydrogens (tertiary/aromatic N) is 3. The highest BCUT2D eigenvalue weighted by Crippen LogP contribution is 2.18. The van der Waals surface area contributed by atoms with Crippen molar-refractivity contribution >= 4 is 0 Å². The third-order valence-electron chi connectivity index (χ3n) is 4.01. The summed E-state index contributed by atoms with van der Waals surface area (Å²) in [5.41, 5.74) is 3.22. The van der Waals surface area contributed by atoms with Crippen LogP contribution in [-0.4, -0.2) is 22.4 Å². The molecule has 1 heterocycles. The van der Waals surface area contributed by atoms with Crippen molar-refractivity contribution in [1.29, 1.82) is 5.26 Å². The lowest BCUT2D eigenvalue weighted by Gasteiger charge is -2.24. The van der Waals surface area contributed by atoms with Crippen LogP contribution in [-0.2, 0) is 6.54 Å². The second kappa shape index (κ2) is 6.01. The van der Waals surface area contributed by atoms with E-state index in [2.05, 4.69) is 35.0 Å². The largest absolute Gasteiger partial charge is 0.302 e. The second-order valence-corrected chi connectivity index (χ2v) is 4.92. The topological polar surface area (TPSA) is 53.6 Å². The molecule has 1 N–H and O–H groups in total. The van der Waals surface area contributed by atoms with Crippen LogP contribution in [0.15, 0.2) is 0 Å². The molecule has 1 rings (SSSR count).